The maximum Gasteiger partial charge on any atom is 0.344 e. The molecule has 0 spiro atoms. The van der Waals surface area contributed by atoms with E-state index in [1.165, 1.54) is 6.07 Å². The highest BCUT2D eigenvalue weighted by Gasteiger charge is 2.11. The van der Waals surface area contributed by atoms with Gasteiger partial charge in [0.1, 0.15) is 17.9 Å². The van der Waals surface area contributed by atoms with Crippen LogP contribution < -0.4 is 10.4 Å². The molecule has 5 nitrogen and oxygen atoms in total. The molecule has 1 aromatic heterocycles. The molecule has 1 heterocycles. The Morgan fingerprint density at radius 1 is 1.12 bits per heavy atom. The van der Waals surface area contributed by atoms with Crippen LogP contribution in [-0.4, -0.2) is 12.6 Å². The Bertz CT molecular complexity index is 1020. The molecule has 3 aromatic rings. The first-order chi connectivity index (χ1) is 12.4. The van der Waals surface area contributed by atoms with Gasteiger partial charge in [0.15, 0.2) is 6.61 Å². The van der Waals surface area contributed by atoms with Crippen LogP contribution in [0.4, 0.5) is 0 Å². The zero-order chi connectivity index (χ0) is 18.7. The number of halogens is 1. The molecule has 0 bridgehead atoms. The SMILES string of the molecule is Cc1cc2oc(=O)cc(COC(=O)COc3ccccc3Cl)c2cc1C. The molecule has 0 atom stereocenters. The number of aryl methyl sites for hydroxylation is 2. The first kappa shape index (κ1) is 18.0. The molecule has 0 amide bonds. The molecule has 0 N–H and O–H groups in total. The second-order valence-electron chi connectivity index (χ2n) is 5.90. The molecule has 0 radical (unpaired) electrons. The fourth-order valence-electron chi connectivity index (χ4n) is 2.50. The average molecular weight is 373 g/mol. The maximum absolute atomic E-state index is 12.0. The van der Waals surface area contributed by atoms with Gasteiger partial charge >= 0.3 is 11.6 Å². The van der Waals surface area contributed by atoms with Gasteiger partial charge in [-0.3, -0.25) is 0 Å². The van der Waals surface area contributed by atoms with E-state index in [1.807, 2.05) is 19.9 Å². The summed E-state index contributed by atoms with van der Waals surface area (Å²) in [5.74, 6) is -0.154. The summed E-state index contributed by atoms with van der Waals surface area (Å²) in [4.78, 5) is 23.7. The van der Waals surface area contributed by atoms with Gasteiger partial charge in [0, 0.05) is 17.0 Å². The number of hydrogen-bond donors (Lipinski definition) is 0. The lowest BCUT2D eigenvalue weighted by molar-refractivity contribution is -0.147. The van der Waals surface area contributed by atoms with Gasteiger partial charge in [0.25, 0.3) is 0 Å². The fourth-order valence-corrected chi connectivity index (χ4v) is 2.69. The molecule has 2 aromatic carbocycles. The summed E-state index contributed by atoms with van der Waals surface area (Å²) in [7, 11) is 0. The van der Waals surface area contributed by atoms with E-state index >= 15 is 0 Å². The zero-order valence-electron chi connectivity index (χ0n) is 14.4. The van der Waals surface area contributed by atoms with Gasteiger partial charge in [-0.2, -0.15) is 0 Å². The van der Waals surface area contributed by atoms with Crippen LogP contribution >= 0.6 is 11.6 Å². The molecule has 6 heteroatoms. The Labute approximate surface area is 155 Å². The Balaban J connectivity index is 1.71. The Morgan fingerprint density at radius 2 is 1.85 bits per heavy atom. The van der Waals surface area contributed by atoms with Crippen LogP contribution in [0.3, 0.4) is 0 Å². The quantitative estimate of drug-likeness (QED) is 0.496. The van der Waals surface area contributed by atoms with Gasteiger partial charge in [-0.1, -0.05) is 23.7 Å². The molecule has 3 rings (SSSR count). The van der Waals surface area contributed by atoms with Crippen molar-refractivity contribution in [2.45, 2.75) is 20.5 Å². The highest BCUT2D eigenvalue weighted by Crippen LogP contribution is 2.24. The van der Waals surface area contributed by atoms with Crippen LogP contribution in [0.5, 0.6) is 5.75 Å². The number of esters is 1. The van der Waals surface area contributed by atoms with Crippen molar-refractivity contribution >= 4 is 28.5 Å². The predicted molar refractivity (Wildman–Crippen MR) is 98.7 cm³/mol. The number of ether oxygens (including phenoxy) is 2. The van der Waals surface area contributed by atoms with E-state index in [2.05, 4.69) is 0 Å². The van der Waals surface area contributed by atoms with E-state index in [1.54, 1.807) is 30.3 Å². The zero-order valence-corrected chi connectivity index (χ0v) is 15.1. The minimum Gasteiger partial charge on any atom is -0.480 e. The third-order valence-electron chi connectivity index (χ3n) is 4.02. The normalized spacial score (nSPS) is 10.7. The molecule has 0 saturated heterocycles. The minimum absolute atomic E-state index is 0.0463. The van der Waals surface area contributed by atoms with Crippen LogP contribution in [-0.2, 0) is 16.1 Å². The lowest BCUT2D eigenvalue weighted by Crippen LogP contribution is -2.15. The standard InChI is InChI=1S/C20H17ClO5/c1-12-7-15-14(9-19(22)26-18(15)8-13(12)2)10-25-20(23)11-24-17-6-4-3-5-16(17)21/h3-9H,10-11H2,1-2H3. The number of rotatable bonds is 5. The summed E-state index contributed by atoms with van der Waals surface area (Å²) < 4.78 is 15.8. The average Bonchev–Trinajstić information content (AvgIpc) is 2.60. The summed E-state index contributed by atoms with van der Waals surface area (Å²) in [6.45, 7) is 3.58. The molecular weight excluding hydrogens is 356 g/mol. The smallest absolute Gasteiger partial charge is 0.344 e. The lowest BCUT2D eigenvalue weighted by Gasteiger charge is -2.10. The van der Waals surface area contributed by atoms with Crippen LogP contribution in [0.2, 0.25) is 5.02 Å². The third-order valence-corrected chi connectivity index (χ3v) is 4.33. The molecule has 0 aliphatic rings. The van der Waals surface area contributed by atoms with Gasteiger partial charge in [0.2, 0.25) is 0 Å². The Hall–Kier alpha value is -2.79. The monoisotopic (exact) mass is 372 g/mol. The number of benzene rings is 2. The van der Waals surface area contributed by atoms with Gasteiger partial charge in [-0.05, 0) is 49.2 Å². The first-order valence-electron chi connectivity index (χ1n) is 8.01. The van der Waals surface area contributed by atoms with E-state index < -0.39 is 11.6 Å². The van der Waals surface area contributed by atoms with Crippen molar-refractivity contribution in [2.75, 3.05) is 6.61 Å². The summed E-state index contributed by atoms with van der Waals surface area (Å²) in [6, 6.07) is 11.9. The van der Waals surface area contributed by atoms with E-state index in [0.29, 0.717) is 21.9 Å². The van der Waals surface area contributed by atoms with E-state index in [9.17, 15) is 9.59 Å². The number of para-hydroxylation sites is 1. The predicted octanol–water partition coefficient (Wildman–Crippen LogP) is 4.19. The molecule has 26 heavy (non-hydrogen) atoms. The molecule has 0 aliphatic carbocycles. The van der Waals surface area contributed by atoms with Gasteiger partial charge in [-0.25, -0.2) is 9.59 Å². The highest BCUT2D eigenvalue weighted by molar-refractivity contribution is 6.32. The van der Waals surface area contributed by atoms with Gasteiger partial charge in [-0.15, -0.1) is 0 Å². The number of carbonyl (C=O) groups excluding carboxylic acids is 1. The van der Waals surface area contributed by atoms with Crippen molar-refractivity contribution in [3.63, 3.8) is 0 Å². The van der Waals surface area contributed by atoms with Crippen molar-refractivity contribution in [1.29, 1.82) is 0 Å². The number of carbonyl (C=O) groups is 1. The Morgan fingerprint density at radius 3 is 2.62 bits per heavy atom. The van der Waals surface area contributed by atoms with E-state index in [0.717, 1.165) is 16.5 Å². The highest BCUT2D eigenvalue weighted by atomic mass is 35.5. The molecular formula is C20H17ClO5. The van der Waals surface area contributed by atoms with E-state index in [4.69, 9.17) is 25.5 Å². The molecule has 0 saturated carbocycles. The van der Waals surface area contributed by atoms with Gasteiger partial charge < -0.3 is 13.9 Å². The van der Waals surface area contributed by atoms with Gasteiger partial charge in [0.05, 0.1) is 5.02 Å². The van der Waals surface area contributed by atoms with Crippen LogP contribution in [0.15, 0.2) is 51.7 Å². The van der Waals surface area contributed by atoms with Crippen LogP contribution in [0, 0.1) is 13.8 Å². The molecule has 134 valence electrons. The minimum atomic E-state index is -0.560. The van der Waals surface area contributed by atoms with Crippen molar-refractivity contribution < 1.29 is 18.7 Å². The Kier molecular flexibility index (Phi) is 5.28. The molecule has 0 unspecified atom stereocenters. The number of hydrogen-bond acceptors (Lipinski definition) is 5. The topological polar surface area (TPSA) is 65.7 Å². The third kappa shape index (κ3) is 4.06. The summed E-state index contributed by atoms with van der Waals surface area (Å²) >= 11 is 5.97. The lowest BCUT2D eigenvalue weighted by atomic mass is 10.0. The van der Waals surface area contributed by atoms with Crippen molar-refractivity contribution in [3.05, 3.63) is 74.6 Å². The second-order valence-corrected chi connectivity index (χ2v) is 6.31. The summed E-state index contributed by atoms with van der Waals surface area (Å²) in [6.07, 6.45) is 0. The van der Waals surface area contributed by atoms with Crippen molar-refractivity contribution in [1.82, 2.24) is 0 Å². The molecule has 0 fully saturated rings. The maximum atomic E-state index is 12.0. The summed E-state index contributed by atoms with van der Waals surface area (Å²) in [5.41, 5.74) is 2.65. The fraction of sp³-hybridized carbons (Fsp3) is 0.200. The van der Waals surface area contributed by atoms with Crippen molar-refractivity contribution in [2.24, 2.45) is 0 Å². The second kappa shape index (κ2) is 7.62. The first-order valence-corrected chi connectivity index (χ1v) is 8.39. The van der Waals surface area contributed by atoms with E-state index in [-0.39, 0.29) is 13.2 Å². The van der Waals surface area contributed by atoms with Crippen molar-refractivity contribution in [3.8, 4) is 5.75 Å². The van der Waals surface area contributed by atoms with Crippen LogP contribution in [0.25, 0.3) is 11.0 Å². The summed E-state index contributed by atoms with van der Waals surface area (Å²) in [5, 5.41) is 1.16. The molecule has 0 aliphatic heterocycles. The van der Waals surface area contributed by atoms with Crippen LogP contribution in [0.1, 0.15) is 16.7 Å². The largest absolute Gasteiger partial charge is 0.480 e. The number of fused-ring (bicyclic) bond motifs is 1.